The number of carbonyl (C=O) groups is 3. The SMILES string of the molecule is COC1=CC[C@@H]([C@@H](C)C=C(C)C=CC=CC(=O)N[C@H](C(=O)NC=CC[C@@H](O)CC=C(C)Cl)C(C)(C)C)OC1=O. The predicted molar refractivity (Wildman–Crippen MR) is 154 cm³/mol. The summed E-state index contributed by atoms with van der Waals surface area (Å²) in [6.45, 7) is 11.2. The molecule has 0 radical (unpaired) electrons. The van der Waals surface area contributed by atoms with Gasteiger partial charge in [0.15, 0.2) is 5.76 Å². The summed E-state index contributed by atoms with van der Waals surface area (Å²) in [5.41, 5.74) is 0.416. The lowest BCUT2D eigenvalue weighted by Gasteiger charge is -2.29. The van der Waals surface area contributed by atoms with Crippen LogP contribution in [0.4, 0.5) is 0 Å². The lowest BCUT2D eigenvalue weighted by molar-refractivity contribution is -0.151. The van der Waals surface area contributed by atoms with E-state index < -0.39 is 29.4 Å². The van der Waals surface area contributed by atoms with Gasteiger partial charge in [0.05, 0.1) is 13.2 Å². The Hall–Kier alpha value is -3.10. The minimum absolute atomic E-state index is 0.00409. The molecule has 0 fully saturated rings. The Kier molecular flexibility index (Phi) is 14.6. The summed E-state index contributed by atoms with van der Waals surface area (Å²) in [6.07, 6.45) is 15.6. The number of rotatable bonds is 13. The molecule has 0 saturated carbocycles. The molecule has 0 unspecified atom stereocenters. The maximum atomic E-state index is 12.7. The minimum atomic E-state index is -0.775. The highest BCUT2D eigenvalue weighted by Gasteiger charge is 2.32. The molecule has 39 heavy (non-hydrogen) atoms. The van der Waals surface area contributed by atoms with Crippen LogP contribution in [0.15, 0.2) is 71.2 Å². The summed E-state index contributed by atoms with van der Waals surface area (Å²) < 4.78 is 10.4. The fraction of sp³-hybridized carbons (Fsp3) is 0.500. The Morgan fingerprint density at radius 1 is 1.23 bits per heavy atom. The molecule has 2 amide bonds. The number of allylic oxidation sites excluding steroid dienone is 5. The molecule has 1 aliphatic heterocycles. The van der Waals surface area contributed by atoms with E-state index in [0.717, 1.165) is 5.57 Å². The molecular formula is C30H43ClN2O6. The van der Waals surface area contributed by atoms with Crippen molar-refractivity contribution in [2.45, 2.75) is 79.1 Å². The summed E-state index contributed by atoms with van der Waals surface area (Å²) in [6, 6.07) is -0.775. The van der Waals surface area contributed by atoms with E-state index >= 15 is 0 Å². The number of halogens is 1. The zero-order valence-corrected chi connectivity index (χ0v) is 24.7. The molecule has 0 bridgehead atoms. The summed E-state index contributed by atoms with van der Waals surface area (Å²) in [5, 5.41) is 16.0. The average Bonchev–Trinajstić information content (AvgIpc) is 2.85. The first kappa shape index (κ1) is 33.9. The van der Waals surface area contributed by atoms with E-state index in [0.29, 0.717) is 24.3 Å². The van der Waals surface area contributed by atoms with E-state index in [9.17, 15) is 19.5 Å². The van der Waals surface area contributed by atoms with E-state index in [2.05, 4.69) is 10.6 Å². The number of methoxy groups -OCH3 is 1. The molecule has 3 N–H and O–H groups in total. The van der Waals surface area contributed by atoms with Gasteiger partial charge in [-0.05, 0) is 44.4 Å². The van der Waals surface area contributed by atoms with Crippen molar-refractivity contribution in [3.05, 3.63) is 71.2 Å². The van der Waals surface area contributed by atoms with Gasteiger partial charge in [-0.2, -0.15) is 0 Å². The molecule has 0 aliphatic carbocycles. The number of hydrogen-bond donors (Lipinski definition) is 3. The summed E-state index contributed by atoms with van der Waals surface area (Å²) in [5.74, 6) is -0.991. The van der Waals surface area contributed by atoms with Crippen molar-refractivity contribution in [3.63, 3.8) is 0 Å². The highest BCUT2D eigenvalue weighted by molar-refractivity contribution is 6.29. The first-order valence-corrected chi connectivity index (χ1v) is 13.4. The maximum Gasteiger partial charge on any atom is 0.373 e. The lowest BCUT2D eigenvalue weighted by Crippen LogP contribution is -2.52. The number of aliphatic hydroxyl groups is 1. The van der Waals surface area contributed by atoms with Crippen LogP contribution >= 0.6 is 11.6 Å². The van der Waals surface area contributed by atoms with Crippen LogP contribution in [0.5, 0.6) is 0 Å². The van der Waals surface area contributed by atoms with Gasteiger partial charge in [0.25, 0.3) is 0 Å². The Morgan fingerprint density at radius 3 is 2.49 bits per heavy atom. The van der Waals surface area contributed by atoms with Crippen LogP contribution < -0.4 is 10.6 Å². The smallest absolute Gasteiger partial charge is 0.373 e. The number of ether oxygens (including phenoxy) is 2. The zero-order valence-electron chi connectivity index (χ0n) is 24.0. The van der Waals surface area contributed by atoms with Crippen LogP contribution in [-0.4, -0.2) is 48.2 Å². The largest absolute Gasteiger partial charge is 0.490 e. The molecule has 4 atom stereocenters. The Balaban J connectivity index is 2.64. The van der Waals surface area contributed by atoms with Crippen molar-refractivity contribution in [2.24, 2.45) is 11.3 Å². The Labute approximate surface area is 237 Å². The van der Waals surface area contributed by atoms with Crippen molar-refractivity contribution >= 4 is 29.4 Å². The third kappa shape index (κ3) is 13.5. The fourth-order valence-corrected chi connectivity index (χ4v) is 3.77. The maximum absolute atomic E-state index is 12.7. The van der Waals surface area contributed by atoms with Gasteiger partial charge in [0.1, 0.15) is 12.1 Å². The molecular weight excluding hydrogens is 520 g/mol. The number of nitrogens with one attached hydrogen (secondary N) is 2. The second-order valence-electron chi connectivity index (χ2n) is 10.6. The molecule has 0 aromatic carbocycles. The van der Waals surface area contributed by atoms with Crippen molar-refractivity contribution in [1.29, 1.82) is 0 Å². The molecule has 1 aliphatic rings. The predicted octanol–water partition coefficient (Wildman–Crippen LogP) is 4.97. The summed E-state index contributed by atoms with van der Waals surface area (Å²) >= 11 is 5.77. The highest BCUT2D eigenvalue weighted by atomic mass is 35.5. The summed E-state index contributed by atoms with van der Waals surface area (Å²) in [7, 11) is 1.44. The summed E-state index contributed by atoms with van der Waals surface area (Å²) in [4.78, 5) is 37.1. The van der Waals surface area contributed by atoms with Gasteiger partial charge in [0.2, 0.25) is 11.8 Å². The van der Waals surface area contributed by atoms with Crippen LogP contribution in [0.2, 0.25) is 0 Å². The fourth-order valence-electron chi connectivity index (χ4n) is 3.68. The molecule has 0 spiro atoms. The molecule has 8 nitrogen and oxygen atoms in total. The standard InChI is InChI=1S/C30H43ClN2O6/c1-20(19-21(2)24-16-17-25(38-7)29(37)39-24)11-8-9-13-26(35)33-27(30(4,5)6)28(36)32-18-10-12-23(34)15-14-22(3)31/h8-11,13-14,17-19,21,23-24,27,34H,12,15-16H2,1-7H3,(H,32,36)(H,33,35)/t21-,23+,24-,27+/m0/s1. The third-order valence-corrected chi connectivity index (χ3v) is 6.04. The molecule has 0 saturated heterocycles. The third-order valence-electron chi connectivity index (χ3n) is 5.88. The van der Waals surface area contributed by atoms with Gasteiger partial charge in [-0.25, -0.2) is 4.79 Å². The second kappa shape index (κ2) is 16.8. The molecule has 216 valence electrons. The van der Waals surface area contributed by atoms with Crippen LogP contribution in [0, 0.1) is 11.3 Å². The minimum Gasteiger partial charge on any atom is -0.490 e. The first-order chi connectivity index (χ1) is 18.2. The van der Waals surface area contributed by atoms with E-state index in [-0.39, 0.29) is 23.7 Å². The van der Waals surface area contributed by atoms with Crippen LogP contribution in [0.3, 0.4) is 0 Å². The lowest BCUT2D eigenvalue weighted by atomic mass is 9.86. The number of carbonyl (C=O) groups excluding carboxylic acids is 3. The number of amides is 2. The van der Waals surface area contributed by atoms with Crippen molar-refractivity contribution < 1.29 is 29.0 Å². The highest BCUT2D eigenvalue weighted by Crippen LogP contribution is 2.23. The van der Waals surface area contributed by atoms with E-state index in [1.165, 1.54) is 19.4 Å². The first-order valence-electron chi connectivity index (χ1n) is 13.0. The molecule has 0 aromatic heterocycles. The molecule has 0 aromatic rings. The van der Waals surface area contributed by atoms with E-state index in [1.54, 1.807) is 37.3 Å². The van der Waals surface area contributed by atoms with E-state index in [1.807, 2.05) is 46.8 Å². The normalized spacial score (nSPS) is 19.6. The Bertz CT molecular complexity index is 1030. The molecule has 1 rings (SSSR count). The average molecular weight is 563 g/mol. The van der Waals surface area contributed by atoms with Gasteiger partial charge in [-0.1, -0.05) is 81.3 Å². The molecule has 1 heterocycles. The Morgan fingerprint density at radius 2 is 1.90 bits per heavy atom. The number of hydrogen-bond acceptors (Lipinski definition) is 6. The van der Waals surface area contributed by atoms with Gasteiger partial charge < -0.3 is 25.2 Å². The van der Waals surface area contributed by atoms with Gasteiger partial charge in [0, 0.05) is 23.4 Å². The van der Waals surface area contributed by atoms with Crippen molar-refractivity contribution in [1.82, 2.24) is 10.6 Å². The second-order valence-corrected chi connectivity index (χ2v) is 11.2. The van der Waals surface area contributed by atoms with E-state index in [4.69, 9.17) is 21.1 Å². The monoisotopic (exact) mass is 562 g/mol. The van der Waals surface area contributed by atoms with Crippen LogP contribution in [0.25, 0.3) is 0 Å². The number of cyclic esters (lactones) is 1. The van der Waals surface area contributed by atoms with Crippen molar-refractivity contribution in [2.75, 3.05) is 7.11 Å². The number of aliphatic hydroxyl groups excluding tert-OH is 1. The topological polar surface area (TPSA) is 114 Å². The van der Waals surface area contributed by atoms with Crippen LogP contribution in [0.1, 0.15) is 60.8 Å². The van der Waals surface area contributed by atoms with Gasteiger partial charge >= 0.3 is 5.97 Å². The molecule has 9 heteroatoms. The van der Waals surface area contributed by atoms with Gasteiger partial charge in [-0.3, -0.25) is 9.59 Å². The zero-order chi connectivity index (χ0) is 29.6. The van der Waals surface area contributed by atoms with Crippen molar-refractivity contribution in [3.8, 4) is 0 Å². The quantitative estimate of drug-likeness (QED) is 0.166. The number of esters is 1. The van der Waals surface area contributed by atoms with Crippen LogP contribution in [-0.2, 0) is 23.9 Å². The van der Waals surface area contributed by atoms with Gasteiger partial charge in [-0.15, -0.1) is 0 Å².